The van der Waals surface area contributed by atoms with Crippen LogP contribution in [0.15, 0.2) is 4.42 Å². The molecule has 0 atom stereocenters. The molecule has 5 heteroatoms. The number of anilines is 2. The predicted molar refractivity (Wildman–Crippen MR) is 54.0 cm³/mol. The van der Waals surface area contributed by atoms with E-state index < -0.39 is 0 Å². The number of nitrogen functional groups attached to an aromatic ring is 1. The normalized spacial score (nSPS) is 18.4. The Balaban J connectivity index is 2.03. The van der Waals surface area contributed by atoms with Crippen LogP contribution in [0, 0.1) is 0 Å². The Kier molecular flexibility index (Phi) is 2.56. The Morgan fingerprint density at radius 2 is 2.00 bits per heavy atom. The Bertz CT molecular complexity index is 293. The number of nitrogens with zero attached hydrogens (tertiary/aromatic N) is 3. The standard InChI is InChI=1S/C9H16N4O/c1-13(7-5-3-2-4-6-7)9-12-11-8(10)14-9/h7H,2-6H2,1H3,(H2,10,11). The highest BCUT2D eigenvalue weighted by molar-refractivity contribution is 5.28. The van der Waals surface area contributed by atoms with Crippen molar-refractivity contribution in [3.05, 3.63) is 0 Å². The molecule has 1 saturated carbocycles. The fourth-order valence-corrected chi connectivity index (χ4v) is 1.99. The first-order valence-electron chi connectivity index (χ1n) is 5.09. The van der Waals surface area contributed by atoms with Gasteiger partial charge in [-0.3, -0.25) is 0 Å². The van der Waals surface area contributed by atoms with Crippen LogP contribution >= 0.6 is 0 Å². The number of rotatable bonds is 2. The maximum atomic E-state index is 5.38. The van der Waals surface area contributed by atoms with Crippen LogP contribution in [0.5, 0.6) is 0 Å². The van der Waals surface area contributed by atoms with E-state index in [-0.39, 0.29) is 6.01 Å². The molecule has 1 aromatic heterocycles. The fraction of sp³-hybridized carbons (Fsp3) is 0.778. The largest absolute Gasteiger partial charge is 0.390 e. The third kappa shape index (κ3) is 1.81. The van der Waals surface area contributed by atoms with Crippen molar-refractivity contribution >= 4 is 12.0 Å². The average Bonchev–Trinajstić information content (AvgIpc) is 2.65. The van der Waals surface area contributed by atoms with Crippen molar-refractivity contribution in [1.29, 1.82) is 0 Å². The van der Waals surface area contributed by atoms with Gasteiger partial charge < -0.3 is 15.1 Å². The van der Waals surface area contributed by atoms with Crippen LogP contribution in [0.25, 0.3) is 0 Å². The van der Waals surface area contributed by atoms with Crippen molar-refractivity contribution in [1.82, 2.24) is 10.2 Å². The molecule has 0 radical (unpaired) electrons. The average molecular weight is 196 g/mol. The Labute approximate surface area is 83.3 Å². The molecule has 5 nitrogen and oxygen atoms in total. The summed E-state index contributed by atoms with van der Waals surface area (Å²) < 4.78 is 5.18. The summed E-state index contributed by atoms with van der Waals surface area (Å²) in [6.45, 7) is 0. The Morgan fingerprint density at radius 1 is 1.29 bits per heavy atom. The van der Waals surface area contributed by atoms with Crippen molar-refractivity contribution in [2.24, 2.45) is 0 Å². The van der Waals surface area contributed by atoms with E-state index in [1.54, 1.807) is 0 Å². The summed E-state index contributed by atoms with van der Waals surface area (Å²) in [5.74, 6) is 0. The van der Waals surface area contributed by atoms with Gasteiger partial charge in [-0.1, -0.05) is 29.5 Å². The molecule has 2 N–H and O–H groups in total. The summed E-state index contributed by atoms with van der Waals surface area (Å²) in [5, 5.41) is 7.53. The summed E-state index contributed by atoms with van der Waals surface area (Å²) in [6, 6.07) is 1.21. The van der Waals surface area contributed by atoms with Gasteiger partial charge >= 0.3 is 12.0 Å². The smallest absolute Gasteiger partial charge is 0.319 e. The molecule has 1 aliphatic carbocycles. The van der Waals surface area contributed by atoms with Crippen molar-refractivity contribution < 1.29 is 4.42 Å². The minimum atomic E-state index is 0.141. The Morgan fingerprint density at radius 3 is 2.57 bits per heavy atom. The van der Waals surface area contributed by atoms with Gasteiger partial charge in [-0.15, -0.1) is 0 Å². The highest BCUT2D eigenvalue weighted by Crippen LogP contribution is 2.25. The SMILES string of the molecule is CN(c1nnc(N)o1)C1CCCCC1. The van der Waals surface area contributed by atoms with Gasteiger partial charge in [-0.05, 0) is 12.8 Å². The number of hydrogen-bond acceptors (Lipinski definition) is 5. The zero-order valence-corrected chi connectivity index (χ0v) is 8.44. The number of hydrogen-bond donors (Lipinski definition) is 1. The van der Waals surface area contributed by atoms with Gasteiger partial charge in [0.05, 0.1) is 0 Å². The lowest BCUT2D eigenvalue weighted by atomic mass is 9.95. The van der Waals surface area contributed by atoms with Crippen LogP contribution in [0.4, 0.5) is 12.0 Å². The monoisotopic (exact) mass is 196 g/mol. The highest BCUT2D eigenvalue weighted by Gasteiger charge is 2.21. The summed E-state index contributed by atoms with van der Waals surface area (Å²) >= 11 is 0. The molecule has 14 heavy (non-hydrogen) atoms. The second kappa shape index (κ2) is 3.86. The zero-order valence-electron chi connectivity index (χ0n) is 8.44. The van der Waals surface area contributed by atoms with Crippen molar-refractivity contribution in [2.45, 2.75) is 38.1 Å². The van der Waals surface area contributed by atoms with Gasteiger partial charge in [-0.2, -0.15) is 0 Å². The van der Waals surface area contributed by atoms with Gasteiger partial charge in [0.2, 0.25) is 0 Å². The van der Waals surface area contributed by atoms with Crippen LogP contribution in [0.1, 0.15) is 32.1 Å². The lowest BCUT2D eigenvalue weighted by Gasteiger charge is -2.29. The van der Waals surface area contributed by atoms with E-state index in [0.717, 1.165) is 0 Å². The van der Waals surface area contributed by atoms with Gasteiger partial charge in [0.25, 0.3) is 0 Å². The third-order valence-corrected chi connectivity index (χ3v) is 2.85. The molecule has 0 unspecified atom stereocenters. The summed E-state index contributed by atoms with van der Waals surface area (Å²) in [7, 11) is 1.99. The molecule has 0 aliphatic heterocycles. The van der Waals surface area contributed by atoms with E-state index >= 15 is 0 Å². The fourth-order valence-electron chi connectivity index (χ4n) is 1.99. The van der Waals surface area contributed by atoms with Crippen LogP contribution in [-0.4, -0.2) is 23.3 Å². The first-order chi connectivity index (χ1) is 6.77. The lowest BCUT2D eigenvalue weighted by Crippen LogP contribution is -2.33. The lowest BCUT2D eigenvalue weighted by molar-refractivity contribution is 0.407. The van der Waals surface area contributed by atoms with E-state index in [4.69, 9.17) is 10.2 Å². The van der Waals surface area contributed by atoms with Gasteiger partial charge in [0.1, 0.15) is 0 Å². The van der Waals surface area contributed by atoms with Crippen LogP contribution < -0.4 is 10.6 Å². The van der Waals surface area contributed by atoms with Crippen LogP contribution in [-0.2, 0) is 0 Å². The maximum absolute atomic E-state index is 5.38. The zero-order chi connectivity index (χ0) is 9.97. The molecule has 1 fully saturated rings. The number of aromatic nitrogens is 2. The predicted octanol–water partition coefficient (Wildman–Crippen LogP) is 1.42. The van der Waals surface area contributed by atoms with E-state index in [2.05, 4.69) is 10.2 Å². The topological polar surface area (TPSA) is 68.2 Å². The molecule has 0 saturated heterocycles. The third-order valence-electron chi connectivity index (χ3n) is 2.85. The molecule has 2 rings (SSSR count). The van der Waals surface area contributed by atoms with Crippen molar-refractivity contribution in [2.75, 3.05) is 17.7 Å². The van der Waals surface area contributed by atoms with Crippen LogP contribution in [0.3, 0.4) is 0 Å². The number of nitrogens with two attached hydrogens (primary N) is 1. The van der Waals surface area contributed by atoms with Gasteiger partial charge in [0, 0.05) is 13.1 Å². The molecule has 0 amide bonds. The van der Waals surface area contributed by atoms with Crippen molar-refractivity contribution in [3.63, 3.8) is 0 Å². The molecule has 78 valence electrons. The molecule has 1 aromatic rings. The van der Waals surface area contributed by atoms with Crippen molar-refractivity contribution in [3.8, 4) is 0 Å². The summed E-state index contributed by atoms with van der Waals surface area (Å²) in [5.41, 5.74) is 5.38. The highest BCUT2D eigenvalue weighted by atomic mass is 16.4. The molecular formula is C9H16N4O. The Hall–Kier alpha value is -1.26. The first kappa shape index (κ1) is 9.30. The molecule has 0 aromatic carbocycles. The minimum Gasteiger partial charge on any atom is -0.390 e. The molecule has 0 bridgehead atoms. The quantitative estimate of drug-likeness (QED) is 0.774. The first-order valence-corrected chi connectivity index (χ1v) is 5.09. The minimum absolute atomic E-state index is 0.141. The molecular weight excluding hydrogens is 180 g/mol. The second-order valence-electron chi connectivity index (χ2n) is 3.83. The van der Waals surface area contributed by atoms with E-state index in [0.29, 0.717) is 12.1 Å². The summed E-state index contributed by atoms with van der Waals surface area (Å²) in [6.07, 6.45) is 6.34. The van der Waals surface area contributed by atoms with E-state index in [9.17, 15) is 0 Å². The summed E-state index contributed by atoms with van der Waals surface area (Å²) in [4.78, 5) is 2.04. The molecule has 1 aliphatic rings. The second-order valence-corrected chi connectivity index (χ2v) is 3.83. The van der Waals surface area contributed by atoms with Gasteiger partial charge in [-0.25, -0.2) is 0 Å². The molecule has 1 heterocycles. The van der Waals surface area contributed by atoms with E-state index in [1.165, 1.54) is 32.1 Å². The van der Waals surface area contributed by atoms with Crippen LogP contribution in [0.2, 0.25) is 0 Å². The van der Waals surface area contributed by atoms with Gasteiger partial charge in [0.15, 0.2) is 0 Å². The molecule has 0 spiro atoms. The van der Waals surface area contributed by atoms with E-state index in [1.807, 2.05) is 11.9 Å². The maximum Gasteiger partial charge on any atom is 0.319 e.